The van der Waals surface area contributed by atoms with Gasteiger partial charge in [-0.1, -0.05) is 22.9 Å². The van der Waals surface area contributed by atoms with E-state index in [-0.39, 0.29) is 36.1 Å². The molecule has 0 saturated carbocycles. The summed E-state index contributed by atoms with van der Waals surface area (Å²) in [5.74, 6) is -2.77. The zero-order valence-electron chi connectivity index (χ0n) is 19.8. The summed E-state index contributed by atoms with van der Waals surface area (Å²) in [5.41, 5.74) is 0. The Hall–Kier alpha value is -2.84. The molecule has 4 heterocycles. The van der Waals surface area contributed by atoms with Crippen molar-refractivity contribution in [2.24, 2.45) is 0 Å². The van der Waals surface area contributed by atoms with Crippen molar-refractivity contribution >= 4 is 52.0 Å². The van der Waals surface area contributed by atoms with Crippen molar-refractivity contribution in [2.45, 2.75) is 37.3 Å². The third kappa shape index (κ3) is 6.48. The molecule has 0 bridgehead atoms. The van der Waals surface area contributed by atoms with Crippen LogP contribution in [-0.4, -0.2) is 95.2 Å². The fraction of sp³-hybridized carbons (Fsp3) is 0.571. The van der Waals surface area contributed by atoms with E-state index in [0.29, 0.717) is 4.34 Å². The number of piperidine rings is 2. The molecule has 0 aromatic carbocycles. The number of likely N-dealkylation sites (tertiary alicyclic amines) is 1. The largest absolute Gasteiger partial charge is 0.446 e. The number of ether oxygens (including phenoxy) is 1. The number of urea groups is 1. The Balaban J connectivity index is 1.39. The van der Waals surface area contributed by atoms with Crippen LogP contribution in [0.15, 0.2) is 18.5 Å². The second-order valence-electron chi connectivity index (χ2n) is 8.76. The SMILES string of the molecule is CN1CCC(OC(=O)Nc2ccnc(N3CCC(F)(F)C(N(C)C(=O)Nc4ncc(Cl)s4)C3)n2)CC1. The molecule has 1 unspecified atom stereocenters. The van der Waals surface area contributed by atoms with Gasteiger partial charge in [0.1, 0.15) is 22.3 Å². The van der Waals surface area contributed by atoms with Gasteiger partial charge in [-0.25, -0.2) is 28.3 Å². The maximum atomic E-state index is 14.8. The molecule has 2 N–H and O–H groups in total. The van der Waals surface area contributed by atoms with Gasteiger partial charge in [0, 0.05) is 45.8 Å². The zero-order valence-corrected chi connectivity index (χ0v) is 21.4. The summed E-state index contributed by atoms with van der Waals surface area (Å²) in [5, 5.41) is 5.28. The Morgan fingerprint density at radius 3 is 2.69 bits per heavy atom. The summed E-state index contributed by atoms with van der Waals surface area (Å²) in [6.45, 7) is 1.46. The molecule has 3 amide bonds. The minimum atomic E-state index is -3.13. The van der Waals surface area contributed by atoms with Crippen molar-refractivity contribution in [2.75, 3.05) is 55.8 Å². The number of alkyl halides is 2. The molecular formula is C21H27ClF2N8O3S. The lowest BCUT2D eigenvalue weighted by atomic mass is 10.00. The van der Waals surface area contributed by atoms with E-state index in [4.69, 9.17) is 16.3 Å². The molecule has 196 valence electrons. The summed E-state index contributed by atoms with van der Waals surface area (Å²) in [6, 6.07) is -0.689. The molecule has 0 aliphatic carbocycles. The van der Waals surface area contributed by atoms with Gasteiger partial charge in [-0.15, -0.1) is 0 Å². The first-order chi connectivity index (χ1) is 17.1. The van der Waals surface area contributed by atoms with Crippen LogP contribution in [-0.2, 0) is 4.74 Å². The van der Waals surface area contributed by atoms with E-state index in [2.05, 4.69) is 30.5 Å². The van der Waals surface area contributed by atoms with Gasteiger partial charge >= 0.3 is 12.1 Å². The van der Waals surface area contributed by atoms with E-state index in [1.54, 1.807) is 4.90 Å². The molecule has 2 fully saturated rings. The number of hydrogen-bond donors (Lipinski definition) is 2. The standard InChI is InChI=1S/C21H27ClF2N8O3S/c1-30-8-4-13(5-9-30)35-20(34)28-16-3-7-25-17(27-16)32-10-6-21(23,24)14(12-32)31(2)19(33)29-18-26-11-15(22)36-18/h3,7,11,13-14H,4-6,8-10,12H2,1-2H3,(H,26,29,33)(H,25,27,28,34). The fourth-order valence-corrected chi connectivity index (χ4v) is 4.87. The van der Waals surface area contributed by atoms with Crippen LogP contribution in [0.25, 0.3) is 0 Å². The lowest BCUT2D eigenvalue weighted by molar-refractivity contribution is -0.0760. The predicted molar refractivity (Wildman–Crippen MR) is 132 cm³/mol. The van der Waals surface area contributed by atoms with Gasteiger partial charge < -0.3 is 19.4 Å². The summed E-state index contributed by atoms with van der Waals surface area (Å²) in [6.07, 6.45) is 2.99. The van der Waals surface area contributed by atoms with E-state index < -0.39 is 30.5 Å². The number of carbonyl (C=O) groups is 2. The molecule has 1 atom stereocenters. The van der Waals surface area contributed by atoms with E-state index in [0.717, 1.165) is 42.2 Å². The number of anilines is 3. The lowest BCUT2D eigenvalue weighted by Crippen LogP contribution is -2.60. The van der Waals surface area contributed by atoms with Gasteiger partial charge in [-0.2, -0.15) is 4.98 Å². The van der Waals surface area contributed by atoms with Crippen molar-refractivity contribution in [1.82, 2.24) is 24.8 Å². The highest BCUT2D eigenvalue weighted by atomic mass is 35.5. The first kappa shape index (κ1) is 26.2. The summed E-state index contributed by atoms with van der Waals surface area (Å²) >= 11 is 6.84. The first-order valence-corrected chi connectivity index (χ1v) is 12.6. The minimum absolute atomic E-state index is 0.0233. The molecule has 2 aromatic rings. The third-order valence-corrected chi connectivity index (χ3v) is 7.20. The molecule has 2 aliphatic rings. The van der Waals surface area contributed by atoms with Gasteiger partial charge in [0.15, 0.2) is 5.13 Å². The van der Waals surface area contributed by atoms with Crippen LogP contribution in [0.3, 0.4) is 0 Å². The number of thiazole rings is 1. The molecule has 2 aromatic heterocycles. The maximum absolute atomic E-state index is 14.8. The highest BCUT2D eigenvalue weighted by molar-refractivity contribution is 7.19. The lowest BCUT2D eigenvalue weighted by Gasteiger charge is -2.42. The number of halogens is 3. The van der Waals surface area contributed by atoms with Gasteiger partial charge in [-0.05, 0) is 26.0 Å². The highest BCUT2D eigenvalue weighted by Gasteiger charge is 2.48. The molecule has 0 radical (unpaired) electrons. The van der Waals surface area contributed by atoms with Crippen LogP contribution in [0.5, 0.6) is 0 Å². The minimum Gasteiger partial charge on any atom is -0.446 e. The Kier molecular flexibility index (Phi) is 8.05. The summed E-state index contributed by atoms with van der Waals surface area (Å²) < 4.78 is 35.5. The van der Waals surface area contributed by atoms with Gasteiger partial charge in [0.05, 0.1) is 6.20 Å². The normalized spacial score (nSPS) is 20.6. The Morgan fingerprint density at radius 2 is 2.00 bits per heavy atom. The van der Waals surface area contributed by atoms with Crippen LogP contribution >= 0.6 is 22.9 Å². The molecule has 36 heavy (non-hydrogen) atoms. The predicted octanol–water partition coefficient (Wildman–Crippen LogP) is 3.61. The maximum Gasteiger partial charge on any atom is 0.413 e. The number of likely N-dealkylation sites (N-methyl/N-ethyl adjacent to an activating group) is 1. The number of amides is 3. The second-order valence-corrected chi connectivity index (χ2v) is 10.4. The Morgan fingerprint density at radius 1 is 1.25 bits per heavy atom. The van der Waals surface area contributed by atoms with Gasteiger partial charge in [0.25, 0.3) is 5.92 Å². The topological polar surface area (TPSA) is 116 Å². The fourth-order valence-electron chi connectivity index (χ4n) is 4.06. The molecule has 2 aliphatic heterocycles. The van der Waals surface area contributed by atoms with Gasteiger partial charge in [0.2, 0.25) is 5.95 Å². The second kappa shape index (κ2) is 11.0. The van der Waals surface area contributed by atoms with E-state index >= 15 is 0 Å². The monoisotopic (exact) mass is 544 g/mol. The van der Waals surface area contributed by atoms with Crippen molar-refractivity contribution < 1.29 is 23.1 Å². The Bertz CT molecular complexity index is 1080. The molecule has 4 rings (SSSR count). The number of hydrogen-bond acceptors (Lipinski definition) is 9. The number of carbonyl (C=O) groups excluding carboxylic acids is 2. The number of nitrogens with one attached hydrogen (secondary N) is 2. The average Bonchev–Trinajstić information content (AvgIpc) is 3.24. The smallest absolute Gasteiger partial charge is 0.413 e. The van der Waals surface area contributed by atoms with E-state index in [1.165, 1.54) is 25.5 Å². The van der Waals surface area contributed by atoms with Crippen LogP contribution in [0.2, 0.25) is 4.34 Å². The van der Waals surface area contributed by atoms with E-state index in [9.17, 15) is 18.4 Å². The van der Waals surface area contributed by atoms with Crippen LogP contribution in [0.1, 0.15) is 19.3 Å². The summed E-state index contributed by atoms with van der Waals surface area (Å²) in [7, 11) is 3.31. The average molecular weight is 545 g/mol. The first-order valence-electron chi connectivity index (χ1n) is 11.4. The van der Waals surface area contributed by atoms with Crippen molar-refractivity contribution in [1.29, 1.82) is 0 Å². The molecule has 11 nitrogen and oxygen atoms in total. The summed E-state index contributed by atoms with van der Waals surface area (Å²) in [4.78, 5) is 42.0. The molecular weight excluding hydrogens is 518 g/mol. The molecule has 15 heteroatoms. The Labute approximate surface area is 215 Å². The van der Waals surface area contributed by atoms with Crippen LogP contribution in [0.4, 0.5) is 35.3 Å². The number of nitrogens with zero attached hydrogens (tertiary/aromatic N) is 6. The van der Waals surface area contributed by atoms with Crippen molar-refractivity contribution in [3.05, 3.63) is 22.8 Å². The third-order valence-electron chi connectivity index (χ3n) is 6.17. The van der Waals surface area contributed by atoms with Crippen molar-refractivity contribution in [3.63, 3.8) is 0 Å². The van der Waals surface area contributed by atoms with Crippen molar-refractivity contribution in [3.8, 4) is 0 Å². The van der Waals surface area contributed by atoms with Crippen LogP contribution < -0.4 is 15.5 Å². The van der Waals surface area contributed by atoms with Gasteiger partial charge in [-0.3, -0.25) is 10.6 Å². The molecule has 2 saturated heterocycles. The zero-order chi connectivity index (χ0) is 25.9. The van der Waals surface area contributed by atoms with Crippen LogP contribution in [0, 0.1) is 0 Å². The number of aromatic nitrogens is 3. The van der Waals surface area contributed by atoms with E-state index in [1.807, 2.05) is 7.05 Å². The molecule has 0 spiro atoms. The highest BCUT2D eigenvalue weighted by Crippen LogP contribution is 2.33. The quantitative estimate of drug-likeness (QED) is 0.586. The number of rotatable bonds is 5.